The van der Waals surface area contributed by atoms with Crippen LogP contribution < -0.4 is 4.74 Å². The van der Waals surface area contributed by atoms with Gasteiger partial charge in [0.05, 0.1) is 12.2 Å². The molecule has 0 saturated carbocycles. The van der Waals surface area contributed by atoms with Gasteiger partial charge in [0.15, 0.2) is 5.78 Å². The zero-order chi connectivity index (χ0) is 13.7. The van der Waals surface area contributed by atoms with Gasteiger partial charge in [0, 0.05) is 16.8 Å². The van der Waals surface area contributed by atoms with Gasteiger partial charge in [0.1, 0.15) is 10.1 Å². The summed E-state index contributed by atoms with van der Waals surface area (Å²) in [4.78, 5) is 15.8. The Morgan fingerprint density at radius 1 is 1.42 bits per heavy atom. The molecule has 2 rings (SSSR count). The lowest BCUT2D eigenvalue weighted by atomic mass is 10.1. The predicted molar refractivity (Wildman–Crippen MR) is 79.5 cm³/mol. The molecule has 100 valence electrons. The van der Waals surface area contributed by atoms with Crippen LogP contribution in [0.5, 0.6) is 5.75 Å². The predicted octanol–water partition coefficient (Wildman–Crippen LogP) is 3.83. The topological polar surface area (TPSA) is 39.2 Å². The van der Waals surface area contributed by atoms with Crippen molar-refractivity contribution >= 4 is 28.9 Å². The number of rotatable bonds is 6. The third-order valence-electron chi connectivity index (χ3n) is 2.43. The summed E-state index contributed by atoms with van der Waals surface area (Å²) < 4.78 is 6.72. The molecule has 0 radical (unpaired) electrons. The molecule has 0 spiro atoms. The number of nitrogens with zero attached hydrogens (tertiary/aromatic N) is 1. The number of aryl methyl sites for hydroxylation is 1. The second-order valence-corrected chi connectivity index (χ2v) is 6.20. The van der Waals surface area contributed by atoms with E-state index in [9.17, 15) is 4.79 Å². The van der Waals surface area contributed by atoms with E-state index in [0.717, 1.165) is 15.8 Å². The fourth-order valence-corrected chi connectivity index (χ4v) is 3.30. The molecule has 5 heteroatoms. The van der Waals surface area contributed by atoms with Gasteiger partial charge in [-0.05, 0) is 26.0 Å². The van der Waals surface area contributed by atoms with E-state index in [1.807, 2.05) is 30.5 Å². The fraction of sp³-hybridized carbons (Fsp3) is 0.286. The van der Waals surface area contributed by atoms with Gasteiger partial charge in [-0.15, -0.1) is 11.3 Å². The second kappa shape index (κ2) is 6.73. The van der Waals surface area contributed by atoms with Crippen molar-refractivity contribution in [2.45, 2.75) is 18.2 Å². The fourth-order valence-electron chi connectivity index (χ4n) is 1.56. The Bertz CT molecular complexity index is 566. The maximum absolute atomic E-state index is 11.4. The first kappa shape index (κ1) is 14.1. The third-order valence-corrected chi connectivity index (χ3v) is 4.53. The lowest BCUT2D eigenvalue weighted by molar-refractivity contribution is 0.101. The first-order chi connectivity index (χ1) is 9.16. The van der Waals surface area contributed by atoms with Crippen molar-refractivity contribution < 1.29 is 9.53 Å². The highest BCUT2D eigenvalue weighted by Crippen LogP contribution is 2.23. The SMILES string of the molecule is CC(=O)c1ccccc1OCCSc1nc(C)cs1. The molecule has 0 N–H and O–H groups in total. The number of aromatic nitrogens is 1. The first-order valence-electron chi connectivity index (χ1n) is 5.94. The average molecular weight is 293 g/mol. The minimum Gasteiger partial charge on any atom is -0.492 e. The van der Waals surface area contributed by atoms with Crippen molar-refractivity contribution in [2.24, 2.45) is 0 Å². The smallest absolute Gasteiger partial charge is 0.163 e. The number of ether oxygens (including phenoxy) is 1. The summed E-state index contributed by atoms with van der Waals surface area (Å²) in [7, 11) is 0. The largest absolute Gasteiger partial charge is 0.492 e. The maximum Gasteiger partial charge on any atom is 0.163 e. The Morgan fingerprint density at radius 3 is 2.89 bits per heavy atom. The number of thiazole rings is 1. The highest BCUT2D eigenvalue weighted by Gasteiger charge is 2.07. The molecule has 19 heavy (non-hydrogen) atoms. The monoisotopic (exact) mass is 293 g/mol. The summed E-state index contributed by atoms with van der Waals surface area (Å²) in [5, 5.41) is 2.04. The Kier molecular flexibility index (Phi) is 4.99. The van der Waals surface area contributed by atoms with E-state index in [4.69, 9.17) is 4.74 Å². The Balaban J connectivity index is 1.84. The molecule has 0 bridgehead atoms. The van der Waals surface area contributed by atoms with Crippen molar-refractivity contribution in [1.82, 2.24) is 4.98 Å². The number of ketones is 1. The molecule has 1 heterocycles. The third kappa shape index (κ3) is 4.08. The highest BCUT2D eigenvalue weighted by molar-refractivity contribution is 8.01. The molecule has 1 aromatic carbocycles. The van der Waals surface area contributed by atoms with Gasteiger partial charge in [0.2, 0.25) is 0 Å². The molecule has 0 aliphatic carbocycles. The molecule has 0 saturated heterocycles. The molecule has 2 aromatic rings. The van der Waals surface area contributed by atoms with E-state index in [0.29, 0.717) is 17.9 Å². The van der Waals surface area contributed by atoms with Crippen LogP contribution in [0.25, 0.3) is 0 Å². The zero-order valence-corrected chi connectivity index (χ0v) is 12.5. The molecule has 0 amide bonds. The minimum atomic E-state index is 0.0267. The van der Waals surface area contributed by atoms with Crippen molar-refractivity contribution in [3.05, 3.63) is 40.9 Å². The Hall–Kier alpha value is -1.33. The lowest BCUT2D eigenvalue weighted by Crippen LogP contribution is -2.04. The van der Waals surface area contributed by atoms with Gasteiger partial charge in [-0.25, -0.2) is 4.98 Å². The van der Waals surface area contributed by atoms with E-state index in [-0.39, 0.29) is 5.78 Å². The van der Waals surface area contributed by atoms with Gasteiger partial charge in [0.25, 0.3) is 0 Å². The quantitative estimate of drug-likeness (QED) is 0.461. The molecule has 3 nitrogen and oxygen atoms in total. The first-order valence-corrected chi connectivity index (χ1v) is 7.81. The van der Waals surface area contributed by atoms with Gasteiger partial charge < -0.3 is 4.74 Å². The lowest BCUT2D eigenvalue weighted by Gasteiger charge is -2.08. The van der Waals surface area contributed by atoms with Crippen molar-refractivity contribution in [3.8, 4) is 5.75 Å². The Labute approximate surface area is 121 Å². The summed E-state index contributed by atoms with van der Waals surface area (Å²) in [6.07, 6.45) is 0. The van der Waals surface area contributed by atoms with Crippen LogP contribution in [0.3, 0.4) is 0 Å². The standard InChI is InChI=1S/C14H15NO2S2/c1-10-9-19-14(15-10)18-8-7-17-13-6-4-3-5-12(13)11(2)16/h3-6,9H,7-8H2,1-2H3. The number of carbonyl (C=O) groups excluding carboxylic acids is 1. The summed E-state index contributed by atoms with van der Waals surface area (Å²) in [5.74, 6) is 1.50. The van der Waals surface area contributed by atoms with E-state index in [1.54, 1.807) is 36.1 Å². The number of benzene rings is 1. The summed E-state index contributed by atoms with van der Waals surface area (Å²) >= 11 is 3.32. The van der Waals surface area contributed by atoms with Crippen molar-refractivity contribution in [2.75, 3.05) is 12.4 Å². The minimum absolute atomic E-state index is 0.0267. The van der Waals surface area contributed by atoms with E-state index in [2.05, 4.69) is 4.98 Å². The number of carbonyl (C=O) groups is 1. The van der Waals surface area contributed by atoms with Gasteiger partial charge in [-0.1, -0.05) is 23.9 Å². The summed E-state index contributed by atoms with van der Waals surface area (Å²) in [6.45, 7) is 4.10. The molecule has 0 unspecified atom stereocenters. The van der Waals surface area contributed by atoms with Crippen LogP contribution >= 0.6 is 23.1 Å². The Morgan fingerprint density at radius 2 is 2.21 bits per heavy atom. The van der Waals surface area contributed by atoms with Gasteiger partial charge in [-0.2, -0.15) is 0 Å². The maximum atomic E-state index is 11.4. The normalized spacial score (nSPS) is 10.4. The van der Waals surface area contributed by atoms with Gasteiger partial charge in [-0.3, -0.25) is 4.79 Å². The van der Waals surface area contributed by atoms with Crippen LogP contribution in [-0.2, 0) is 0 Å². The molecule has 0 atom stereocenters. The summed E-state index contributed by atoms with van der Waals surface area (Å²) in [6, 6.07) is 7.33. The van der Waals surface area contributed by atoms with E-state index < -0.39 is 0 Å². The van der Waals surface area contributed by atoms with Gasteiger partial charge >= 0.3 is 0 Å². The number of Topliss-reactive ketones (excluding diaryl/α,β-unsaturated/α-hetero) is 1. The van der Waals surface area contributed by atoms with E-state index >= 15 is 0 Å². The zero-order valence-electron chi connectivity index (χ0n) is 10.9. The van der Waals surface area contributed by atoms with Crippen LogP contribution in [-0.4, -0.2) is 23.1 Å². The molecule has 1 aromatic heterocycles. The van der Waals surface area contributed by atoms with Crippen molar-refractivity contribution in [1.29, 1.82) is 0 Å². The number of hydrogen-bond acceptors (Lipinski definition) is 5. The molecular weight excluding hydrogens is 278 g/mol. The number of thioether (sulfide) groups is 1. The van der Waals surface area contributed by atoms with Crippen LogP contribution in [0.2, 0.25) is 0 Å². The number of para-hydroxylation sites is 1. The van der Waals surface area contributed by atoms with Crippen molar-refractivity contribution in [3.63, 3.8) is 0 Å². The number of hydrogen-bond donors (Lipinski definition) is 0. The molecular formula is C14H15NO2S2. The van der Waals surface area contributed by atoms with Crippen LogP contribution in [0.4, 0.5) is 0 Å². The highest BCUT2D eigenvalue weighted by atomic mass is 32.2. The molecule has 0 aliphatic rings. The molecule has 0 aliphatic heterocycles. The van der Waals surface area contributed by atoms with Crippen LogP contribution in [0.1, 0.15) is 23.0 Å². The average Bonchev–Trinajstić information content (AvgIpc) is 2.81. The van der Waals surface area contributed by atoms with Crippen LogP contribution in [0.15, 0.2) is 34.0 Å². The molecule has 0 fully saturated rings. The summed E-state index contributed by atoms with van der Waals surface area (Å²) in [5.41, 5.74) is 1.69. The van der Waals surface area contributed by atoms with Crippen LogP contribution in [0, 0.1) is 6.92 Å². The van der Waals surface area contributed by atoms with E-state index in [1.165, 1.54) is 0 Å². The second-order valence-electron chi connectivity index (χ2n) is 4.00.